The minimum atomic E-state index is -2.91. The Balaban J connectivity index is 1.72. The third-order valence-electron chi connectivity index (χ3n) is 4.13. The fourth-order valence-electron chi connectivity index (χ4n) is 2.89. The zero-order valence-electron chi connectivity index (χ0n) is 14.9. The summed E-state index contributed by atoms with van der Waals surface area (Å²) in [4.78, 5) is 24.9. The summed E-state index contributed by atoms with van der Waals surface area (Å²) < 4.78 is 29.6. The first-order chi connectivity index (χ1) is 14.1. The lowest BCUT2D eigenvalue weighted by Gasteiger charge is -2.10. The molecule has 8 heteroatoms. The number of nitrogens with zero attached hydrogens (tertiary/aromatic N) is 3. The number of ether oxygens (including phenoxy) is 1. The summed E-state index contributed by atoms with van der Waals surface area (Å²) in [6.07, 6.45) is 4.40. The van der Waals surface area contributed by atoms with E-state index in [1.165, 1.54) is 30.7 Å². The Labute approximate surface area is 164 Å². The van der Waals surface area contributed by atoms with Crippen molar-refractivity contribution in [3.63, 3.8) is 0 Å². The molecule has 0 unspecified atom stereocenters. The van der Waals surface area contributed by atoms with E-state index in [0.29, 0.717) is 22.5 Å². The predicted octanol–water partition coefficient (Wildman–Crippen LogP) is 4.55. The van der Waals surface area contributed by atoms with Crippen LogP contribution in [-0.2, 0) is 0 Å². The van der Waals surface area contributed by atoms with Gasteiger partial charge in [-0.25, -0.2) is 9.97 Å². The molecule has 0 bridgehead atoms. The number of hydrogen-bond donors (Lipinski definition) is 1. The number of amides is 1. The van der Waals surface area contributed by atoms with Crippen LogP contribution in [0, 0.1) is 0 Å². The van der Waals surface area contributed by atoms with E-state index in [4.69, 9.17) is 0 Å². The maximum absolute atomic E-state index is 12.5. The minimum Gasteiger partial charge on any atom is -0.435 e. The number of nitrogens with one attached hydrogen (secondary N) is 1. The van der Waals surface area contributed by atoms with Crippen LogP contribution in [0.5, 0.6) is 5.75 Å². The highest BCUT2D eigenvalue weighted by molar-refractivity contribution is 6.04. The molecule has 0 fully saturated rings. The van der Waals surface area contributed by atoms with Crippen LogP contribution in [0.4, 0.5) is 14.6 Å². The van der Waals surface area contributed by atoms with Crippen molar-refractivity contribution in [1.29, 1.82) is 0 Å². The molecule has 2 aromatic carbocycles. The highest BCUT2D eigenvalue weighted by atomic mass is 19.3. The van der Waals surface area contributed by atoms with E-state index in [1.807, 2.05) is 12.1 Å². The molecule has 4 rings (SSSR count). The topological polar surface area (TPSA) is 77.0 Å². The fourth-order valence-corrected chi connectivity index (χ4v) is 2.89. The lowest BCUT2D eigenvalue weighted by molar-refractivity contribution is -0.0498. The zero-order chi connectivity index (χ0) is 20.2. The molecule has 0 aliphatic carbocycles. The first kappa shape index (κ1) is 18.4. The van der Waals surface area contributed by atoms with E-state index in [9.17, 15) is 13.6 Å². The number of carbonyl (C=O) groups excluding carboxylic acids is 1. The molecule has 0 saturated heterocycles. The number of hydrogen-bond acceptors (Lipinski definition) is 5. The minimum absolute atomic E-state index is 0.0473. The van der Waals surface area contributed by atoms with Crippen LogP contribution in [0.15, 0.2) is 73.2 Å². The molecular formula is C21H14F2N4O2. The van der Waals surface area contributed by atoms with Gasteiger partial charge in [-0.05, 0) is 23.8 Å². The molecule has 2 aromatic heterocycles. The Hall–Kier alpha value is -3.94. The van der Waals surface area contributed by atoms with Crippen molar-refractivity contribution >= 4 is 22.6 Å². The van der Waals surface area contributed by atoms with Gasteiger partial charge in [0.1, 0.15) is 11.4 Å². The van der Waals surface area contributed by atoms with E-state index in [2.05, 4.69) is 25.0 Å². The largest absolute Gasteiger partial charge is 0.435 e. The number of alkyl halides is 2. The molecule has 0 aliphatic rings. The normalized spacial score (nSPS) is 10.9. The SMILES string of the molecule is O=C(Nc1cnccn1)c1ccc2cccc(-c3cccc(OC(F)F)c3)c2n1. The van der Waals surface area contributed by atoms with Crippen molar-refractivity contribution in [3.05, 3.63) is 78.9 Å². The number of halogens is 2. The molecule has 4 aromatic rings. The average Bonchev–Trinajstić information content (AvgIpc) is 2.73. The summed E-state index contributed by atoms with van der Waals surface area (Å²) in [5.74, 6) is -0.0763. The second-order valence-electron chi connectivity index (χ2n) is 6.02. The monoisotopic (exact) mass is 392 g/mol. The highest BCUT2D eigenvalue weighted by Crippen LogP contribution is 2.30. The van der Waals surface area contributed by atoms with Crippen LogP contribution in [-0.4, -0.2) is 27.5 Å². The number of rotatable bonds is 5. The van der Waals surface area contributed by atoms with Gasteiger partial charge in [0.05, 0.1) is 11.7 Å². The number of anilines is 1. The van der Waals surface area contributed by atoms with Gasteiger partial charge in [0.15, 0.2) is 5.82 Å². The lowest BCUT2D eigenvalue weighted by Crippen LogP contribution is -2.14. The van der Waals surface area contributed by atoms with E-state index in [0.717, 1.165) is 5.39 Å². The van der Waals surface area contributed by atoms with Gasteiger partial charge in [-0.3, -0.25) is 9.78 Å². The summed E-state index contributed by atoms with van der Waals surface area (Å²) in [5.41, 5.74) is 2.09. The van der Waals surface area contributed by atoms with Crippen LogP contribution in [0.25, 0.3) is 22.0 Å². The predicted molar refractivity (Wildman–Crippen MR) is 104 cm³/mol. The molecular weight excluding hydrogens is 378 g/mol. The quantitative estimate of drug-likeness (QED) is 0.539. The van der Waals surface area contributed by atoms with Crippen molar-refractivity contribution in [2.75, 3.05) is 5.32 Å². The Bertz CT molecular complexity index is 1170. The van der Waals surface area contributed by atoms with Gasteiger partial charge in [0.2, 0.25) is 0 Å². The molecule has 1 N–H and O–H groups in total. The number of aromatic nitrogens is 3. The van der Waals surface area contributed by atoms with Crippen molar-refractivity contribution in [2.45, 2.75) is 6.61 Å². The smallest absolute Gasteiger partial charge is 0.387 e. The molecule has 144 valence electrons. The molecule has 6 nitrogen and oxygen atoms in total. The van der Waals surface area contributed by atoms with Gasteiger partial charge in [0.25, 0.3) is 5.91 Å². The van der Waals surface area contributed by atoms with E-state index >= 15 is 0 Å². The molecule has 0 spiro atoms. The van der Waals surface area contributed by atoms with Gasteiger partial charge in [0, 0.05) is 23.3 Å². The first-order valence-corrected chi connectivity index (χ1v) is 8.62. The third-order valence-corrected chi connectivity index (χ3v) is 4.13. The number of carbonyl (C=O) groups is 1. The molecule has 1 amide bonds. The van der Waals surface area contributed by atoms with E-state index in [1.54, 1.807) is 30.3 Å². The molecule has 0 saturated carbocycles. The first-order valence-electron chi connectivity index (χ1n) is 8.62. The van der Waals surface area contributed by atoms with Crippen molar-refractivity contribution in [2.24, 2.45) is 0 Å². The van der Waals surface area contributed by atoms with Crippen molar-refractivity contribution in [1.82, 2.24) is 15.0 Å². The summed E-state index contributed by atoms with van der Waals surface area (Å²) in [7, 11) is 0. The van der Waals surface area contributed by atoms with Gasteiger partial charge < -0.3 is 10.1 Å². The fraction of sp³-hybridized carbons (Fsp3) is 0.0476. The maximum atomic E-state index is 12.5. The summed E-state index contributed by atoms with van der Waals surface area (Å²) in [6.45, 7) is -2.91. The van der Waals surface area contributed by atoms with Crippen molar-refractivity contribution in [3.8, 4) is 16.9 Å². The zero-order valence-corrected chi connectivity index (χ0v) is 14.9. The summed E-state index contributed by atoms with van der Waals surface area (Å²) >= 11 is 0. The van der Waals surface area contributed by atoms with E-state index < -0.39 is 12.5 Å². The standard InChI is InChI=1S/C21H14F2N4O2/c22-21(23)29-15-5-1-4-14(11-15)16-6-2-3-13-7-8-17(26-19(13)16)20(28)27-18-12-24-9-10-25-18/h1-12,21H,(H,25,27,28). The molecule has 0 radical (unpaired) electrons. The summed E-state index contributed by atoms with van der Waals surface area (Å²) in [5, 5.41) is 3.44. The Morgan fingerprint density at radius 3 is 2.69 bits per heavy atom. The lowest BCUT2D eigenvalue weighted by atomic mass is 10.0. The molecule has 29 heavy (non-hydrogen) atoms. The second kappa shape index (κ2) is 7.97. The van der Waals surface area contributed by atoms with Crippen LogP contribution < -0.4 is 10.1 Å². The van der Waals surface area contributed by atoms with Crippen LogP contribution in [0.3, 0.4) is 0 Å². The second-order valence-corrected chi connectivity index (χ2v) is 6.02. The number of fused-ring (bicyclic) bond motifs is 1. The molecule has 0 atom stereocenters. The van der Waals surface area contributed by atoms with Gasteiger partial charge in [-0.15, -0.1) is 0 Å². The number of pyridine rings is 1. The van der Waals surface area contributed by atoms with Gasteiger partial charge in [-0.2, -0.15) is 8.78 Å². The number of benzene rings is 2. The number of para-hydroxylation sites is 1. The molecule has 0 aliphatic heterocycles. The van der Waals surface area contributed by atoms with Crippen LogP contribution in [0.2, 0.25) is 0 Å². The summed E-state index contributed by atoms with van der Waals surface area (Å²) in [6, 6.07) is 15.2. The van der Waals surface area contributed by atoms with E-state index in [-0.39, 0.29) is 11.4 Å². The maximum Gasteiger partial charge on any atom is 0.387 e. The van der Waals surface area contributed by atoms with Crippen molar-refractivity contribution < 1.29 is 18.3 Å². The third kappa shape index (κ3) is 4.16. The van der Waals surface area contributed by atoms with Crippen LogP contribution in [0.1, 0.15) is 10.5 Å². The Kier molecular flexibility index (Phi) is 5.07. The Morgan fingerprint density at radius 1 is 1.03 bits per heavy atom. The highest BCUT2D eigenvalue weighted by Gasteiger charge is 2.13. The Morgan fingerprint density at radius 2 is 1.90 bits per heavy atom. The van der Waals surface area contributed by atoms with Crippen LogP contribution >= 0.6 is 0 Å². The average molecular weight is 392 g/mol. The van der Waals surface area contributed by atoms with Gasteiger partial charge >= 0.3 is 6.61 Å². The van der Waals surface area contributed by atoms with Gasteiger partial charge in [-0.1, -0.05) is 36.4 Å². The molecule has 2 heterocycles.